The molecular formula is C15H28O2Si. The lowest BCUT2D eigenvalue weighted by Crippen LogP contribution is -2.47. The molecule has 0 N–H and O–H groups in total. The van der Waals surface area contributed by atoms with Gasteiger partial charge in [-0.3, -0.25) is 4.79 Å². The zero-order chi connectivity index (χ0) is 13.9. The SMILES string of the molecule is CC(C)[Si](OC1=CC(=O)CCC1)(C(C)C)C(C)C. The Kier molecular flexibility index (Phi) is 5.20. The molecule has 18 heavy (non-hydrogen) atoms. The third-order valence-electron chi connectivity index (χ3n) is 4.18. The number of hydrogen-bond acceptors (Lipinski definition) is 2. The van der Waals surface area contributed by atoms with Crippen molar-refractivity contribution in [2.45, 2.75) is 77.4 Å². The van der Waals surface area contributed by atoms with Gasteiger partial charge in [0.15, 0.2) is 5.78 Å². The number of rotatable bonds is 5. The molecule has 0 aliphatic heterocycles. The van der Waals surface area contributed by atoms with E-state index < -0.39 is 8.32 Å². The van der Waals surface area contributed by atoms with Crippen LogP contribution >= 0.6 is 0 Å². The smallest absolute Gasteiger partial charge is 0.258 e. The molecule has 0 heterocycles. The lowest BCUT2D eigenvalue weighted by molar-refractivity contribution is -0.115. The Labute approximate surface area is 113 Å². The van der Waals surface area contributed by atoms with Gasteiger partial charge in [-0.25, -0.2) is 0 Å². The summed E-state index contributed by atoms with van der Waals surface area (Å²) < 4.78 is 6.51. The maximum Gasteiger partial charge on any atom is 0.258 e. The van der Waals surface area contributed by atoms with Crippen LogP contribution in [0.25, 0.3) is 0 Å². The van der Waals surface area contributed by atoms with Crippen molar-refractivity contribution in [2.24, 2.45) is 0 Å². The van der Waals surface area contributed by atoms with Crippen molar-refractivity contribution in [1.82, 2.24) is 0 Å². The highest BCUT2D eigenvalue weighted by Crippen LogP contribution is 2.44. The fraction of sp³-hybridized carbons (Fsp3) is 0.800. The molecule has 0 saturated heterocycles. The van der Waals surface area contributed by atoms with Gasteiger partial charge in [-0.05, 0) is 23.0 Å². The van der Waals surface area contributed by atoms with E-state index in [-0.39, 0.29) is 5.78 Å². The van der Waals surface area contributed by atoms with Crippen LogP contribution in [0.4, 0.5) is 0 Å². The zero-order valence-corrected chi connectivity index (χ0v) is 13.7. The van der Waals surface area contributed by atoms with Gasteiger partial charge in [0.2, 0.25) is 0 Å². The second kappa shape index (κ2) is 6.05. The van der Waals surface area contributed by atoms with E-state index in [1.54, 1.807) is 6.08 Å². The van der Waals surface area contributed by atoms with Gasteiger partial charge in [-0.2, -0.15) is 0 Å². The summed E-state index contributed by atoms with van der Waals surface area (Å²) in [7, 11) is -1.87. The number of hydrogen-bond donors (Lipinski definition) is 0. The van der Waals surface area contributed by atoms with Gasteiger partial charge in [0, 0.05) is 18.9 Å². The van der Waals surface area contributed by atoms with Crippen molar-refractivity contribution in [2.75, 3.05) is 0 Å². The standard InChI is InChI=1S/C15H28O2Si/c1-11(2)18(12(3)4,13(5)6)17-15-9-7-8-14(16)10-15/h10-13H,7-9H2,1-6H3. The summed E-state index contributed by atoms with van der Waals surface area (Å²) >= 11 is 0. The maximum absolute atomic E-state index is 11.5. The number of allylic oxidation sites excluding steroid dienone is 2. The van der Waals surface area contributed by atoms with Crippen molar-refractivity contribution in [3.63, 3.8) is 0 Å². The summed E-state index contributed by atoms with van der Waals surface area (Å²) in [5.41, 5.74) is 1.70. The molecule has 0 spiro atoms. The summed E-state index contributed by atoms with van der Waals surface area (Å²) in [5, 5.41) is 0. The first-order valence-corrected chi connectivity index (χ1v) is 9.37. The highest BCUT2D eigenvalue weighted by Gasteiger charge is 2.47. The lowest BCUT2D eigenvalue weighted by atomic mass is 10.1. The largest absolute Gasteiger partial charge is 0.546 e. The highest BCUT2D eigenvalue weighted by molar-refractivity contribution is 6.77. The van der Waals surface area contributed by atoms with E-state index in [4.69, 9.17) is 4.43 Å². The van der Waals surface area contributed by atoms with E-state index in [9.17, 15) is 4.79 Å². The predicted octanol–water partition coefficient (Wildman–Crippen LogP) is 4.82. The molecule has 0 fully saturated rings. The molecule has 2 nitrogen and oxygen atoms in total. The van der Waals surface area contributed by atoms with Crippen LogP contribution in [-0.2, 0) is 9.22 Å². The zero-order valence-electron chi connectivity index (χ0n) is 12.7. The van der Waals surface area contributed by atoms with Crippen LogP contribution in [-0.4, -0.2) is 14.1 Å². The fourth-order valence-electron chi connectivity index (χ4n) is 3.42. The first kappa shape index (κ1) is 15.5. The van der Waals surface area contributed by atoms with Crippen molar-refractivity contribution >= 4 is 14.1 Å². The molecule has 1 aliphatic rings. The Bertz CT molecular complexity index is 308. The predicted molar refractivity (Wildman–Crippen MR) is 79.1 cm³/mol. The molecule has 0 bridgehead atoms. The Morgan fingerprint density at radius 3 is 1.89 bits per heavy atom. The van der Waals surface area contributed by atoms with Gasteiger partial charge >= 0.3 is 0 Å². The van der Waals surface area contributed by atoms with Gasteiger partial charge in [-0.15, -0.1) is 0 Å². The summed E-state index contributed by atoms with van der Waals surface area (Å²) in [6.45, 7) is 13.7. The Hall–Kier alpha value is -0.573. The van der Waals surface area contributed by atoms with Gasteiger partial charge in [-0.1, -0.05) is 41.5 Å². The summed E-state index contributed by atoms with van der Waals surface area (Å²) in [4.78, 5) is 11.5. The third-order valence-corrected chi connectivity index (χ3v) is 10.2. The van der Waals surface area contributed by atoms with Crippen LogP contribution in [0.2, 0.25) is 16.6 Å². The Morgan fingerprint density at radius 1 is 1.00 bits per heavy atom. The van der Waals surface area contributed by atoms with E-state index in [2.05, 4.69) is 41.5 Å². The lowest BCUT2D eigenvalue weighted by Gasteiger charge is -2.43. The van der Waals surface area contributed by atoms with Crippen LogP contribution in [0.1, 0.15) is 60.8 Å². The van der Waals surface area contributed by atoms with E-state index in [1.807, 2.05) is 0 Å². The number of carbonyl (C=O) groups excluding carboxylic acids is 1. The molecule has 0 unspecified atom stereocenters. The maximum atomic E-state index is 11.5. The molecule has 1 aliphatic carbocycles. The average Bonchev–Trinajstić information content (AvgIpc) is 2.24. The molecule has 0 radical (unpaired) electrons. The first-order chi connectivity index (χ1) is 8.30. The molecule has 0 aromatic carbocycles. The molecule has 0 amide bonds. The summed E-state index contributed by atoms with van der Waals surface area (Å²) in [6, 6.07) is 0. The summed E-state index contributed by atoms with van der Waals surface area (Å²) in [5.74, 6) is 1.18. The van der Waals surface area contributed by atoms with Gasteiger partial charge in [0.05, 0.1) is 5.76 Å². The van der Waals surface area contributed by atoms with Gasteiger partial charge in [0.25, 0.3) is 8.32 Å². The minimum atomic E-state index is -1.87. The van der Waals surface area contributed by atoms with Crippen molar-refractivity contribution in [3.8, 4) is 0 Å². The van der Waals surface area contributed by atoms with E-state index in [0.29, 0.717) is 23.0 Å². The van der Waals surface area contributed by atoms with Gasteiger partial charge < -0.3 is 4.43 Å². The van der Waals surface area contributed by atoms with E-state index >= 15 is 0 Å². The van der Waals surface area contributed by atoms with Crippen molar-refractivity contribution in [1.29, 1.82) is 0 Å². The molecule has 104 valence electrons. The molecule has 3 heteroatoms. The second-order valence-corrected chi connectivity index (χ2v) is 11.7. The van der Waals surface area contributed by atoms with Crippen LogP contribution in [0, 0.1) is 0 Å². The molecule has 0 saturated carbocycles. The molecule has 1 rings (SSSR count). The topological polar surface area (TPSA) is 26.3 Å². The van der Waals surface area contributed by atoms with Gasteiger partial charge in [0.1, 0.15) is 0 Å². The third kappa shape index (κ3) is 3.05. The average molecular weight is 268 g/mol. The first-order valence-electron chi connectivity index (χ1n) is 7.23. The van der Waals surface area contributed by atoms with Crippen LogP contribution in [0.5, 0.6) is 0 Å². The molecule has 0 aromatic rings. The number of carbonyl (C=O) groups is 1. The highest BCUT2D eigenvalue weighted by atomic mass is 28.4. The van der Waals surface area contributed by atoms with Crippen LogP contribution in [0.3, 0.4) is 0 Å². The minimum absolute atomic E-state index is 0.232. The molecule has 0 aromatic heterocycles. The van der Waals surface area contributed by atoms with Crippen molar-refractivity contribution < 1.29 is 9.22 Å². The molecule has 0 atom stereocenters. The Morgan fingerprint density at radius 2 is 1.50 bits per heavy atom. The van der Waals surface area contributed by atoms with Crippen molar-refractivity contribution in [3.05, 3.63) is 11.8 Å². The molecular weight excluding hydrogens is 240 g/mol. The number of ketones is 1. The fourth-order valence-corrected chi connectivity index (χ4v) is 8.74. The van der Waals surface area contributed by atoms with E-state index in [1.165, 1.54) is 0 Å². The Balaban J connectivity index is 3.01. The monoisotopic (exact) mass is 268 g/mol. The quantitative estimate of drug-likeness (QED) is 0.668. The van der Waals surface area contributed by atoms with Crippen LogP contribution < -0.4 is 0 Å². The second-order valence-electron chi connectivity index (χ2n) is 6.35. The normalized spacial score (nSPS) is 17.6. The van der Waals surface area contributed by atoms with E-state index in [0.717, 1.165) is 18.6 Å². The minimum Gasteiger partial charge on any atom is -0.546 e. The summed E-state index contributed by atoms with van der Waals surface area (Å²) in [6.07, 6.45) is 4.32. The van der Waals surface area contributed by atoms with Crippen LogP contribution in [0.15, 0.2) is 11.8 Å².